The maximum atomic E-state index is 12.2. The van der Waals surface area contributed by atoms with Gasteiger partial charge in [-0.3, -0.25) is 4.79 Å². The van der Waals surface area contributed by atoms with E-state index in [1.165, 1.54) is 18.2 Å². The van der Waals surface area contributed by atoms with Gasteiger partial charge in [0.05, 0.1) is 17.3 Å². The molecule has 2 aliphatic rings. The first-order valence-electron chi connectivity index (χ1n) is 9.64. The molecule has 1 fully saturated rings. The van der Waals surface area contributed by atoms with Crippen LogP contribution >= 0.6 is 11.8 Å². The SMILES string of the molecule is O=C(CS[C@@H]1CCS(=O)(=O)C1)Nc1ccc(-c2nnc3n2CCCCC3)cc1. The van der Waals surface area contributed by atoms with Gasteiger partial charge in [-0.25, -0.2) is 8.42 Å². The monoisotopic (exact) mass is 420 g/mol. The fraction of sp³-hybridized carbons (Fsp3) is 0.526. The van der Waals surface area contributed by atoms with E-state index in [1.807, 2.05) is 24.3 Å². The van der Waals surface area contributed by atoms with Crippen molar-refractivity contribution >= 4 is 33.2 Å². The molecule has 1 N–H and O–H groups in total. The van der Waals surface area contributed by atoms with Crippen LogP contribution in [0.15, 0.2) is 24.3 Å². The first-order valence-corrected chi connectivity index (χ1v) is 12.5. The number of benzene rings is 1. The number of thioether (sulfide) groups is 1. The molecule has 2 aromatic rings. The lowest BCUT2D eigenvalue weighted by molar-refractivity contribution is -0.113. The van der Waals surface area contributed by atoms with Gasteiger partial charge in [-0.05, 0) is 43.5 Å². The summed E-state index contributed by atoms with van der Waals surface area (Å²) in [5.74, 6) is 2.50. The molecule has 28 heavy (non-hydrogen) atoms. The van der Waals surface area contributed by atoms with Gasteiger partial charge in [0.15, 0.2) is 15.7 Å². The van der Waals surface area contributed by atoms with Crippen molar-refractivity contribution in [1.82, 2.24) is 14.8 Å². The first-order chi connectivity index (χ1) is 13.5. The standard InChI is InChI=1S/C19H24N4O3S2/c24-18(12-27-16-9-11-28(25,26)13-16)20-15-7-5-14(6-8-15)19-22-21-17-4-2-1-3-10-23(17)19/h5-8,16H,1-4,9-13H2,(H,20,24)/t16-/m1/s1. The molecule has 0 spiro atoms. The lowest BCUT2D eigenvalue weighted by Crippen LogP contribution is -2.17. The molecule has 1 aromatic carbocycles. The van der Waals surface area contributed by atoms with Crippen molar-refractivity contribution in [3.63, 3.8) is 0 Å². The second-order valence-corrected chi connectivity index (χ2v) is 10.9. The van der Waals surface area contributed by atoms with Crippen molar-refractivity contribution in [2.45, 2.75) is 43.9 Å². The van der Waals surface area contributed by atoms with Crippen LogP contribution in [0, 0.1) is 0 Å². The number of carbonyl (C=O) groups is 1. The zero-order valence-electron chi connectivity index (χ0n) is 15.6. The third kappa shape index (κ3) is 4.57. The molecule has 0 saturated carbocycles. The molecule has 0 aliphatic carbocycles. The van der Waals surface area contributed by atoms with Crippen LogP contribution in [-0.4, -0.2) is 51.6 Å². The summed E-state index contributed by atoms with van der Waals surface area (Å²) in [5, 5.41) is 11.6. The van der Waals surface area contributed by atoms with E-state index in [0.29, 0.717) is 6.42 Å². The molecule has 7 nitrogen and oxygen atoms in total. The Kier molecular flexibility index (Phi) is 5.73. The number of rotatable bonds is 5. The molecule has 9 heteroatoms. The molecule has 3 heterocycles. The van der Waals surface area contributed by atoms with Crippen molar-refractivity contribution < 1.29 is 13.2 Å². The van der Waals surface area contributed by atoms with Crippen LogP contribution < -0.4 is 5.32 Å². The molecule has 0 bridgehead atoms. The molecule has 1 aromatic heterocycles. The van der Waals surface area contributed by atoms with Gasteiger partial charge >= 0.3 is 0 Å². The van der Waals surface area contributed by atoms with Crippen molar-refractivity contribution in [1.29, 1.82) is 0 Å². The van der Waals surface area contributed by atoms with Gasteiger partial charge in [0.2, 0.25) is 5.91 Å². The molecular weight excluding hydrogens is 396 g/mol. The Labute approximate surface area is 169 Å². The van der Waals surface area contributed by atoms with Gasteiger partial charge in [0, 0.05) is 29.5 Å². The number of aryl methyl sites for hydroxylation is 1. The van der Waals surface area contributed by atoms with E-state index in [1.54, 1.807) is 0 Å². The molecule has 1 atom stereocenters. The van der Waals surface area contributed by atoms with Crippen LogP contribution in [0.2, 0.25) is 0 Å². The molecular formula is C19H24N4O3S2. The maximum absolute atomic E-state index is 12.2. The van der Waals surface area contributed by atoms with Crippen LogP contribution in [-0.2, 0) is 27.6 Å². The van der Waals surface area contributed by atoms with Gasteiger partial charge in [-0.1, -0.05) is 6.42 Å². The summed E-state index contributed by atoms with van der Waals surface area (Å²) in [6.45, 7) is 0.949. The summed E-state index contributed by atoms with van der Waals surface area (Å²) in [6, 6.07) is 7.65. The average Bonchev–Trinajstić information content (AvgIpc) is 3.15. The number of aromatic nitrogens is 3. The fourth-order valence-corrected chi connectivity index (χ4v) is 7.13. The zero-order valence-corrected chi connectivity index (χ0v) is 17.3. The number of nitrogens with zero attached hydrogens (tertiary/aromatic N) is 3. The van der Waals surface area contributed by atoms with Crippen molar-refractivity contribution in [2.75, 3.05) is 22.6 Å². The minimum Gasteiger partial charge on any atom is -0.325 e. The van der Waals surface area contributed by atoms with Crippen LogP contribution in [0.4, 0.5) is 5.69 Å². The topological polar surface area (TPSA) is 93.9 Å². The Bertz CT molecular complexity index is 954. The highest BCUT2D eigenvalue weighted by Crippen LogP contribution is 2.26. The number of carbonyl (C=O) groups excluding carboxylic acids is 1. The Morgan fingerprint density at radius 1 is 1.18 bits per heavy atom. The van der Waals surface area contributed by atoms with Crippen molar-refractivity contribution in [3.05, 3.63) is 30.1 Å². The summed E-state index contributed by atoms with van der Waals surface area (Å²) < 4.78 is 25.2. The van der Waals surface area contributed by atoms with Crippen molar-refractivity contribution in [3.8, 4) is 11.4 Å². The van der Waals surface area contributed by atoms with Gasteiger partial charge < -0.3 is 9.88 Å². The first kappa shape index (κ1) is 19.4. The average molecular weight is 421 g/mol. The third-order valence-corrected chi connectivity index (χ3v) is 8.46. The van der Waals surface area contributed by atoms with Crippen molar-refractivity contribution in [2.24, 2.45) is 0 Å². The highest BCUT2D eigenvalue weighted by molar-refractivity contribution is 8.02. The summed E-state index contributed by atoms with van der Waals surface area (Å²) >= 11 is 1.42. The van der Waals surface area contributed by atoms with E-state index < -0.39 is 9.84 Å². The Hall–Kier alpha value is -1.87. The van der Waals surface area contributed by atoms with Gasteiger partial charge in [-0.2, -0.15) is 0 Å². The predicted octanol–water partition coefficient (Wildman–Crippen LogP) is 2.53. The highest BCUT2D eigenvalue weighted by Gasteiger charge is 2.28. The summed E-state index contributed by atoms with van der Waals surface area (Å²) in [5.41, 5.74) is 1.72. The van der Waals surface area contributed by atoms with E-state index in [-0.39, 0.29) is 28.4 Å². The number of sulfone groups is 1. The lowest BCUT2D eigenvalue weighted by Gasteiger charge is -2.10. The Morgan fingerprint density at radius 2 is 2.00 bits per heavy atom. The Morgan fingerprint density at radius 3 is 2.75 bits per heavy atom. The zero-order chi connectivity index (χ0) is 19.6. The van der Waals surface area contributed by atoms with Gasteiger partial charge in [0.1, 0.15) is 5.82 Å². The number of nitrogens with one attached hydrogen (secondary N) is 1. The summed E-state index contributed by atoms with van der Waals surface area (Å²) in [6.07, 6.45) is 5.14. The maximum Gasteiger partial charge on any atom is 0.234 e. The summed E-state index contributed by atoms with van der Waals surface area (Å²) in [7, 11) is -2.90. The van der Waals surface area contributed by atoms with Crippen LogP contribution in [0.3, 0.4) is 0 Å². The fourth-order valence-electron chi connectivity index (χ4n) is 3.68. The molecule has 1 saturated heterocycles. The smallest absolute Gasteiger partial charge is 0.234 e. The number of amides is 1. The largest absolute Gasteiger partial charge is 0.325 e. The number of fused-ring (bicyclic) bond motifs is 1. The normalized spacial score (nSPS) is 21.1. The summed E-state index contributed by atoms with van der Waals surface area (Å²) in [4.78, 5) is 12.2. The van der Waals surface area contributed by atoms with E-state index in [0.717, 1.165) is 48.7 Å². The van der Waals surface area contributed by atoms with Gasteiger partial charge in [0.25, 0.3) is 0 Å². The minimum absolute atomic E-state index is 0.0290. The van der Waals surface area contributed by atoms with E-state index in [4.69, 9.17) is 0 Å². The van der Waals surface area contributed by atoms with E-state index in [9.17, 15) is 13.2 Å². The number of hydrogen-bond acceptors (Lipinski definition) is 6. The number of hydrogen-bond donors (Lipinski definition) is 1. The number of anilines is 1. The minimum atomic E-state index is -2.90. The highest BCUT2D eigenvalue weighted by atomic mass is 32.2. The predicted molar refractivity (Wildman–Crippen MR) is 111 cm³/mol. The molecule has 4 rings (SSSR count). The third-order valence-electron chi connectivity index (χ3n) is 5.18. The molecule has 1 amide bonds. The quantitative estimate of drug-likeness (QED) is 0.799. The lowest BCUT2D eigenvalue weighted by atomic mass is 10.2. The molecule has 0 radical (unpaired) electrons. The molecule has 0 unspecified atom stereocenters. The van der Waals surface area contributed by atoms with E-state index >= 15 is 0 Å². The Balaban J connectivity index is 1.35. The van der Waals surface area contributed by atoms with Crippen LogP contribution in [0.1, 0.15) is 31.5 Å². The molecule has 150 valence electrons. The molecule has 2 aliphatic heterocycles. The van der Waals surface area contributed by atoms with Gasteiger partial charge in [-0.15, -0.1) is 22.0 Å². The van der Waals surface area contributed by atoms with Crippen LogP contribution in [0.25, 0.3) is 11.4 Å². The second kappa shape index (κ2) is 8.24. The van der Waals surface area contributed by atoms with E-state index in [2.05, 4.69) is 20.1 Å². The van der Waals surface area contributed by atoms with Crippen LogP contribution in [0.5, 0.6) is 0 Å². The second-order valence-electron chi connectivity index (χ2n) is 7.36.